The van der Waals surface area contributed by atoms with Gasteiger partial charge in [0.1, 0.15) is 0 Å². The number of carbonyl (C=O) groups excluding carboxylic acids is 1. The molecule has 82 valence electrons. The zero-order chi connectivity index (χ0) is 10.3. The van der Waals surface area contributed by atoms with E-state index in [9.17, 15) is 4.79 Å². The molecule has 3 nitrogen and oxygen atoms in total. The molecule has 0 aromatic heterocycles. The Labute approximate surface area is 90.5 Å². The largest absolute Gasteiger partial charge is 0.341 e. The number of allylic oxidation sites excluding steroid dienone is 2. The Bertz CT molecular complexity index is 280. The molecule has 0 aromatic rings. The highest BCUT2D eigenvalue weighted by molar-refractivity contribution is 5.79. The van der Waals surface area contributed by atoms with Crippen molar-refractivity contribution in [2.45, 2.75) is 25.3 Å². The molecule has 2 fully saturated rings. The Hall–Kier alpha value is -0.830. The van der Waals surface area contributed by atoms with Gasteiger partial charge in [0.25, 0.3) is 0 Å². The summed E-state index contributed by atoms with van der Waals surface area (Å²) in [5.41, 5.74) is 0. The maximum atomic E-state index is 12.2. The van der Waals surface area contributed by atoms with E-state index in [-0.39, 0.29) is 5.92 Å². The molecule has 2 aliphatic heterocycles. The number of nitrogens with zero attached hydrogens (tertiary/aromatic N) is 1. The molecule has 3 heteroatoms. The van der Waals surface area contributed by atoms with Gasteiger partial charge in [-0.3, -0.25) is 4.79 Å². The second kappa shape index (κ2) is 3.63. The van der Waals surface area contributed by atoms with Gasteiger partial charge in [0.15, 0.2) is 0 Å². The lowest BCUT2D eigenvalue weighted by Gasteiger charge is -2.33. The zero-order valence-electron chi connectivity index (χ0n) is 8.98. The van der Waals surface area contributed by atoms with Gasteiger partial charge in [-0.25, -0.2) is 0 Å². The van der Waals surface area contributed by atoms with Crippen molar-refractivity contribution in [3.8, 4) is 0 Å². The summed E-state index contributed by atoms with van der Waals surface area (Å²) >= 11 is 0. The lowest BCUT2D eigenvalue weighted by molar-refractivity contribution is -0.136. The fourth-order valence-corrected chi connectivity index (χ4v) is 3.09. The molecule has 1 N–H and O–H groups in total. The lowest BCUT2D eigenvalue weighted by atomic mass is 9.97. The van der Waals surface area contributed by atoms with E-state index in [1.807, 2.05) is 0 Å². The molecule has 2 saturated heterocycles. The van der Waals surface area contributed by atoms with Crippen LogP contribution in [0.15, 0.2) is 12.2 Å². The second-order valence-corrected chi connectivity index (χ2v) is 5.09. The van der Waals surface area contributed by atoms with Gasteiger partial charge in [0.2, 0.25) is 5.91 Å². The van der Waals surface area contributed by atoms with E-state index in [4.69, 9.17) is 0 Å². The number of rotatable bonds is 1. The van der Waals surface area contributed by atoms with Crippen LogP contribution >= 0.6 is 0 Å². The lowest BCUT2D eigenvalue weighted by Crippen LogP contribution is -2.46. The number of carbonyl (C=O) groups is 1. The molecule has 0 aromatic carbocycles. The first kappa shape index (κ1) is 9.40. The van der Waals surface area contributed by atoms with Crippen molar-refractivity contribution in [1.82, 2.24) is 10.2 Å². The molecule has 1 amide bonds. The third kappa shape index (κ3) is 1.69. The maximum Gasteiger partial charge on any atom is 0.226 e. The van der Waals surface area contributed by atoms with Gasteiger partial charge < -0.3 is 10.2 Å². The van der Waals surface area contributed by atoms with Gasteiger partial charge in [-0.15, -0.1) is 0 Å². The summed E-state index contributed by atoms with van der Waals surface area (Å²) in [7, 11) is 0. The van der Waals surface area contributed by atoms with Gasteiger partial charge in [-0.05, 0) is 25.2 Å². The van der Waals surface area contributed by atoms with Gasteiger partial charge in [0.05, 0.1) is 0 Å². The summed E-state index contributed by atoms with van der Waals surface area (Å²) < 4.78 is 0. The molecule has 15 heavy (non-hydrogen) atoms. The fraction of sp³-hybridized carbons (Fsp3) is 0.750. The summed E-state index contributed by atoms with van der Waals surface area (Å²) in [5.74, 6) is 1.35. The summed E-state index contributed by atoms with van der Waals surface area (Å²) in [6.45, 7) is 3.03. The Balaban J connectivity index is 1.64. The van der Waals surface area contributed by atoms with Crippen LogP contribution in [0, 0.1) is 11.8 Å². The van der Waals surface area contributed by atoms with E-state index in [2.05, 4.69) is 22.4 Å². The van der Waals surface area contributed by atoms with Crippen molar-refractivity contribution in [3.05, 3.63) is 12.2 Å². The molecular weight excluding hydrogens is 188 g/mol. The highest BCUT2D eigenvalue weighted by Gasteiger charge is 2.36. The predicted molar refractivity (Wildman–Crippen MR) is 58.3 cm³/mol. The smallest absolute Gasteiger partial charge is 0.226 e. The van der Waals surface area contributed by atoms with Gasteiger partial charge in [0, 0.05) is 31.6 Å². The molecule has 1 aliphatic carbocycles. The van der Waals surface area contributed by atoms with Crippen molar-refractivity contribution < 1.29 is 4.79 Å². The van der Waals surface area contributed by atoms with E-state index in [0.29, 0.717) is 17.9 Å². The number of amides is 1. The number of likely N-dealkylation sites (tertiary alicyclic amines) is 1. The van der Waals surface area contributed by atoms with Gasteiger partial charge in [-0.2, -0.15) is 0 Å². The Morgan fingerprint density at radius 1 is 1.27 bits per heavy atom. The van der Waals surface area contributed by atoms with Crippen molar-refractivity contribution in [1.29, 1.82) is 0 Å². The standard InChI is InChI=1S/C12H18N2O/c15-12(10-3-1-2-4-10)14-7-9-5-11(8-14)13-6-9/h1-2,9-11,13H,3-8H2. The minimum Gasteiger partial charge on any atom is -0.341 e. The molecular formula is C12H18N2O. The number of hydrogen-bond donors (Lipinski definition) is 1. The molecule has 0 saturated carbocycles. The minimum atomic E-state index is 0.252. The first-order chi connectivity index (χ1) is 7.33. The van der Waals surface area contributed by atoms with Crippen LogP contribution in [0.25, 0.3) is 0 Å². The number of fused-ring (bicyclic) bond motifs is 2. The third-order valence-corrected chi connectivity index (χ3v) is 3.90. The number of hydrogen-bond acceptors (Lipinski definition) is 2. The summed E-state index contributed by atoms with van der Waals surface area (Å²) in [4.78, 5) is 14.3. The average Bonchev–Trinajstić information content (AvgIpc) is 2.87. The van der Waals surface area contributed by atoms with E-state index in [1.54, 1.807) is 0 Å². The number of nitrogens with one attached hydrogen (secondary N) is 1. The first-order valence-corrected chi connectivity index (χ1v) is 6.00. The Morgan fingerprint density at radius 2 is 2.07 bits per heavy atom. The quantitative estimate of drug-likeness (QED) is 0.643. The molecule has 2 atom stereocenters. The second-order valence-electron chi connectivity index (χ2n) is 5.09. The monoisotopic (exact) mass is 206 g/mol. The molecule has 3 aliphatic rings. The van der Waals surface area contributed by atoms with Crippen LogP contribution in [0.5, 0.6) is 0 Å². The highest BCUT2D eigenvalue weighted by atomic mass is 16.2. The summed E-state index contributed by atoms with van der Waals surface area (Å²) in [6, 6.07) is 0.571. The van der Waals surface area contributed by atoms with Crippen LogP contribution in [0.3, 0.4) is 0 Å². The fourth-order valence-electron chi connectivity index (χ4n) is 3.09. The van der Waals surface area contributed by atoms with Crippen molar-refractivity contribution in [2.75, 3.05) is 19.6 Å². The van der Waals surface area contributed by atoms with E-state index in [1.165, 1.54) is 6.42 Å². The van der Waals surface area contributed by atoms with Crippen molar-refractivity contribution in [2.24, 2.45) is 11.8 Å². The minimum absolute atomic E-state index is 0.252. The molecule has 2 heterocycles. The zero-order valence-corrected chi connectivity index (χ0v) is 8.98. The number of piperidine rings is 1. The Morgan fingerprint density at radius 3 is 2.80 bits per heavy atom. The van der Waals surface area contributed by atoms with Crippen molar-refractivity contribution in [3.63, 3.8) is 0 Å². The van der Waals surface area contributed by atoms with Crippen LogP contribution in [-0.4, -0.2) is 36.5 Å². The molecule has 0 spiro atoms. The SMILES string of the molecule is O=C(C1CC=CC1)N1CC2CNC(C2)C1. The first-order valence-electron chi connectivity index (χ1n) is 6.00. The van der Waals surface area contributed by atoms with Crippen LogP contribution in [0.4, 0.5) is 0 Å². The maximum absolute atomic E-state index is 12.2. The van der Waals surface area contributed by atoms with E-state index < -0.39 is 0 Å². The summed E-state index contributed by atoms with van der Waals surface area (Å²) in [5, 5.41) is 3.48. The molecule has 0 radical (unpaired) electrons. The van der Waals surface area contributed by atoms with Crippen LogP contribution in [0.2, 0.25) is 0 Å². The predicted octanol–water partition coefficient (Wildman–Crippen LogP) is 0.773. The Kier molecular flexibility index (Phi) is 2.28. The third-order valence-electron chi connectivity index (χ3n) is 3.90. The van der Waals surface area contributed by atoms with Crippen LogP contribution in [0.1, 0.15) is 19.3 Å². The van der Waals surface area contributed by atoms with E-state index >= 15 is 0 Å². The van der Waals surface area contributed by atoms with Crippen molar-refractivity contribution >= 4 is 5.91 Å². The summed E-state index contributed by atoms with van der Waals surface area (Å²) in [6.07, 6.45) is 7.46. The van der Waals surface area contributed by atoms with Gasteiger partial charge in [-0.1, -0.05) is 12.2 Å². The molecule has 3 rings (SSSR count). The topological polar surface area (TPSA) is 32.3 Å². The van der Waals surface area contributed by atoms with Gasteiger partial charge >= 0.3 is 0 Å². The van der Waals surface area contributed by atoms with Crippen LogP contribution in [-0.2, 0) is 4.79 Å². The average molecular weight is 206 g/mol. The van der Waals surface area contributed by atoms with E-state index in [0.717, 1.165) is 32.5 Å². The highest BCUT2D eigenvalue weighted by Crippen LogP contribution is 2.26. The molecule has 2 bridgehead atoms. The molecule has 2 unspecified atom stereocenters. The normalized spacial score (nSPS) is 35.1. The van der Waals surface area contributed by atoms with Crippen LogP contribution < -0.4 is 5.32 Å².